The topological polar surface area (TPSA) is 12.0 Å². The van der Waals surface area contributed by atoms with E-state index in [4.69, 9.17) is 0 Å². The Balaban J connectivity index is 2.56. The maximum atomic E-state index is 3.60. The van der Waals surface area contributed by atoms with Crippen molar-refractivity contribution in [2.75, 3.05) is 13.6 Å². The van der Waals surface area contributed by atoms with Crippen LogP contribution in [0.4, 0.5) is 0 Å². The molecule has 7 heavy (non-hydrogen) atoms. The molecule has 1 heteroatoms. The third-order valence-electron chi connectivity index (χ3n) is 0.835. The summed E-state index contributed by atoms with van der Waals surface area (Å²) < 4.78 is 0. The monoisotopic (exact) mass is 99.1 g/mol. The van der Waals surface area contributed by atoms with Crippen molar-refractivity contribution in [1.29, 1.82) is 0 Å². The Hall–Kier alpha value is -0.300. The maximum Gasteiger partial charge on any atom is -0.00490 e. The van der Waals surface area contributed by atoms with Gasteiger partial charge in [0.2, 0.25) is 0 Å². The molecule has 0 atom stereocenters. The van der Waals surface area contributed by atoms with Gasteiger partial charge in [0.15, 0.2) is 0 Å². The Morgan fingerprint density at radius 1 is 1.71 bits per heavy atom. The van der Waals surface area contributed by atoms with Crippen LogP contribution < -0.4 is 5.32 Å². The summed E-state index contributed by atoms with van der Waals surface area (Å²) in [5.74, 6) is 0. The van der Waals surface area contributed by atoms with E-state index >= 15 is 0 Å². The predicted molar refractivity (Wildman–Crippen MR) is 33.4 cm³/mol. The molecule has 0 radical (unpaired) electrons. The zero-order valence-corrected chi connectivity index (χ0v) is 4.91. The van der Waals surface area contributed by atoms with Crippen molar-refractivity contribution in [2.24, 2.45) is 0 Å². The number of rotatable bonds is 4. The standard InChI is InChI=1S/C6H13N/c1-3-4-5-6-7-2/h3,7H,1,4-6H2,2H3. The van der Waals surface area contributed by atoms with Gasteiger partial charge in [-0.25, -0.2) is 0 Å². The minimum atomic E-state index is 1.10. The van der Waals surface area contributed by atoms with E-state index in [0.717, 1.165) is 13.0 Å². The second-order valence-corrected chi connectivity index (χ2v) is 1.53. The van der Waals surface area contributed by atoms with Crippen LogP contribution in [0.3, 0.4) is 0 Å². The fraction of sp³-hybridized carbons (Fsp3) is 0.667. The minimum Gasteiger partial charge on any atom is -0.320 e. The summed E-state index contributed by atoms with van der Waals surface area (Å²) in [6.45, 7) is 4.71. The van der Waals surface area contributed by atoms with Crippen molar-refractivity contribution in [1.82, 2.24) is 5.32 Å². The van der Waals surface area contributed by atoms with Crippen molar-refractivity contribution in [2.45, 2.75) is 12.8 Å². The summed E-state index contributed by atoms with van der Waals surface area (Å²) in [4.78, 5) is 0. The van der Waals surface area contributed by atoms with Crippen molar-refractivity contribution in [3.8, 4) is 0 Å². The van der Waals surface area contributed by atoms with E-state index < -0.39 is 0 Å². The van der Waals surface area contributed by atoms with Gasteiger partial charge >= 0.3 is 0 Å². The van der Waals surface area contributed by atoms with E-state index in [1.807, 2.05) is 13.1 Å². The van der Waals surface area contributed by atoms with Gasteiger partial charge < -0.3 is 5.32 Å². The zero-order valence-electron chi connectivity index (χ0n) is 4.91. The molecule has 0 aliphatic heterocycles. The van der Waals surface area contributed by atoms with Gasteiger partial charge in [-0.05, 0) is 26.4 Å². The van der Waals surface area contributed by atoms with E-state index in [1.165, 1.54) is 6.42 Å². The smallest absolute Gasteiger partial charge is 0.00490 e. The zero-order chi connectivity index (χ0) is 5.54. The quantitative estimate of drug-likeness (QED) is 0.412. The summed E-state index contributed by atoms with van der Waals surface area (Å²) in [7, 11) is 1.96. The number of hydrogen-bond acceptors (Lipinski definition) is 1. The number of unbranched alkanes of at least 4 members (excludes halogenated alkanes) is 1. The summed E-state index contributed by atoms with van der Waals surface area (Å²) in [6, 6.07) is 0. The Morgan fingerprint density at radius 3 is 2.86 bits per heavy atom. The highest BCUT2D eigenvalue weighted by atomic mass is 14.8. The molecule has 0 saturated carbocycles. The lowest BCUT2D eigenvalue weighted by Gasteiger charge is -1.90. The van der Waals surface area contributed by atoms with Gasteiger partial charge in [0.1, 0.15) is 0 Å². The molecular formula is C6H13N. The second kappa shape index (κ2) is 5.70. The summed E-state index contributed by atoms with van der Waals surface area (Å²) in [5.41, 5.74) is 0. The molecular weight excluding hydrogens is 86.1 g/mol. The van der Waals surface area contributed by atoms with Crippen molar-refractivity contribution in [3.05, 3.63) is 12.7 Å². The van der Waals surface area contributed by atoms with E-state index in [1.54, 1.807) is 0 Å². The first kappa shape index (κ1) is 6.70. The largest absolute Gasteiger partial charge is 0.320 e. The molecule has 0 aromatic rings. The molecule has 0 bridgehead atoms. The van der Waals surface area contributed by atoms with Crippen molar-refractivity contribution in [3.63, 3.8) is 0 Å². The van der Waals surface area contributed by atoms with Gasteiger partial charge in [-0.2, -0.15) is 0 Å². The molecule has 1 N–H and O–H groups in total. The third-order valence-corrected chi connectivity index (χ3v) is 0.835. The van der Waals surface area contributed by atoms with E-state index in [2.05, 4.69) is 11.9 Å². The third kappa shape index (κ3) is 5.70. The van der Waals surface area contributed by atoms with Gasteiger partial charge in [-0.1, -0.05) is 6.08 Å². The van der Waals surface area contributed by atoms with Crippen LogP contribution in [0.2, 0.25) is 0 Å². The molecule has 0 spiro atoms. The van der Waals surface area contributed by atoms with E-state index in [-0.39, 0.29) is 0 Å². The van der Waals surface area contributed by atoms with Gasteiger partial charge in [-0.3, -0.25) is 0 Å². The van der Waals surface area contributed by atoms with Crippen molar-refractivity contribution < 1.29 is 0 Å². The molecule has 42 valence electrons. The van der Waals surface area contributed by atoms with Crippen LogP contribution >= 0.6 is 0 Å². The fourth-order valence-corrected chi connectivity index (χ4v) is 0.423. The van der Waals surface area contributed by atoms with Crippen LogP contribution in [0.1, 0.15) is 12.8 Å². The predicted octanol–water partition coefficient (Wildman–Crippen LogP) is 1.17. The Kier molecular flexibility index (Phi) is 5.46. The van der Waals surface area contributed by atoms with Gasteiger partial charge in [0.05, 0.1) is 0 Å². The van der Waals surface area contributed by atoms with E-state index in [9.17, 15) is 0 Å². The normalized spacial score (nSPS) is 8.71. The Labute approximate surface area is 45.4 Å². The van der Waals surface area contributed by atoms with Gasteiger partial charge in [0.25, 0.3) is 0 Å². The molecule has 1 nitrogen and oxygen atoms in total. The molecule has 0 unspecified atom stereocenters. The van der Waals surface area contributed by atoms with Gasteiger partial charge in [0, 0.05) is 0 Å². The molecule has 0 aromatic carbocycles. The molecule has 0 fully saturated rings. The van der Waals surface area contributed by atoms with Crippen molar-refractivity contribution >= 4 is 0 Å². The van der Waals surface area contributed by atoms with Crippen LogP contribution in [0, 0.1) is 0 Å². The fourth-order valence-electron chi connectivity index (χ4n) is 0.423. The van der Waals surface area contributed by atoms with Gasteiger partial charge in [-0.15, -0.1) is 6.58 Å². The Morgan fingerprint density at radius 2 is 2.43 bits per heavy atom. The lowest BCUT2D eigenvalue weighted by atomic mass is 10.3. The van der Waals surface area contributed by atoms with Crippen LogP contribution in [0.25, 0.3) is 0 Å². The number of hydrogen-bond donors (Lipinski definition) is 1. The molecule has 0 rings (SSSR count). The van der Waals surface area contributed by atoms with Crippen LogP contribution in [0.5, 0.6) is 0 Å². The average Bonchev–Trinajstić information content (AvgIpc) is 1.69. The summed E-state index contributed by atoms with van der Waals surface area (Å²) in [5, 5.41) is 3.05. The highest BCUT2D eigenvalue weighted by molar-refractivity contribution is 4.65. The highest BCUT2D eigenvalue weighted by Crippen LogP contribution is 1.83. The van der Waals surface area contributed by atoms with E-state index in [0.29, 0.717) is 0 Å². The van der Waals surface area contributed by atoms with Crippen LogP contribution in [0.15, 0.2) is 12.7 Å². The summed E-state index contributed by atoms with van der Waals surface area (Å²) in [6.07, 6.45) is 4.28. The SMILES string of the molecule is C=CCCCNC. The average molecular weight is 99.2 g/mol. The number of nitrogens with one attached hydrogen (secondary N) is 1. The second-order valence-electron chi connectivity index (χ2n) is 1.53. The molecule has 0 heterocycles. The first-order valence-electron chi connectivity index (χ1n) is 2.67. The lowest BCUT2D eigenvalue weighted by molar-refractivity contribution is 0.736. The molecule has 0 aliphatic carbocycles. The first-order valence-corrected chi connectivity index (χ1v) is 2.67. The molecule has 0 amide bonds. The Bertz CT molecular complexity index is 41.4. The highest BCUT2D eigenvalue weighted by Gasteiger charge is 1.75. The minimum absolute atomic E-state index is 1.10. The van der Waals surface area contributed by atoms with Crippen LogP contribution in [-0.2, 0) is 0 Å². The first-order chi connectivity index (χ1) is 3.41. The molecule has 0 saturated heterocycles. The maximum absolute atomic E-state index is 3.60. The molecule has 0 aliphatic rings. The summed E-state index contributed by atoms with van der Waals surface area (Å²) >= 11 is 0. The lowest BCUT2D eigenvalue weighted by Crippen LogP contribution is -2.06. The molecule has 0 aromatic heterocycles. The number of allylic oxidation sites excluding steroid dienone is 1. The van der Waals surface area contributed by atoms with Crippen LogP contribution in [-0.4, -0.2) is 13.6 Å².